The Labute approximate surface area is 129 Å². The Bertz CT molecular complexity index is 777. The number of rotatable bonds is 2. The first-order valence-corrected chi connectivity index (χ1v) is 7.32. The number of hydrogen-bond donors (Lipinski definition) is 1. The molecule has 106 valence electrons. The van der Waals surface area contributed by atoms with E-state index in [1.807, 2.05) is 25.5 Å². The summed E-state index contributed by atoms with van der Waals surface area (Å²) in [5, 5.41) is 7.28. The van der Waals surface area contributed by atoms with Gasteiger partial charge >= 0.3 is 0 Å². The molecule has 0 bridgehead atoms. The van der Waals surface area contributed by atoms with Crippen molar-refractivity contribution in [3.63, 3.8) is 0 Å². The standard InChI is InChI=1S/C13H12BrN7/c1-20-7-9(6-17-20)18-13-16-5-8-4-10(14)12-15-2-3-21(12)11(8)19-13/h4-7H,2-3H2,1H3,(H,16,18,19). The molecular weight excluding hydrogens is 334 g/mol. The van der Waals surface area contributed by atoms with Crippen LogP contribution in [0.1, 0.15) is 5.56 Å². The van der Waals surface area contributed by atoms with Gasteiger partial charge in [-0.2, -0.15) is 10.1 Å². The molecule has 2 aromatic heterocycles. The van der Waals surface area contributed by atoms with Gasteiger partial charge in [0.25, 0.3) is 0 Å². The van der Waals surface area contributed by atoms with Crippen LogP contribution in [0.15, 0.2) is 28.1 Å². The van der Waals surface area contributed by atoms with Crippen molar-refractivity contribution in [1.82, 2.24) is 19.7 Å². The van der Waals surface area contributed by atoms with Gasteiger partial charge in [-0.15, -0.1) is 0 Å². The Morgan fingerprint density at radius 2 is 2.24 bits per heavy atom. The van der Waals surface area contributed by atoms with Gasteiger partial charge in [0.05, 0.1) is 22.9 Å². The number of halogens is 1. The van der Waals surface area contributed by atoms with Crippen LogP contribution < -0.4 is 10.2 Å². The Morgan fingerprint density at radius 1 is 1.33 bits per heavy atom. The predicted octanol–water partition coefficient (Wildman–Crippen LogP) is 1.92. The number of aliphatic imine (C=N–C) groups is 1. The van der Waals surface area contributed by atoms with E-state index in [9.17, 15) is 0 Å². The van der Waals surface area contributed by atoms with E-state index in [4.69, 9.17) is 0 Å². The molecule has 2 aromatic rings. The van der Waals surface area contributed by atoms with Gasteiger partial charge in [-0.25, -0.2) is 4.98 Å². The molecule has 0 saturated carbocycles. The largest absolute Gasteiger partial charge is 0.321 e. The van der Waals surface area contributed by atoms with Crippen LogP contribution in [0.3, 0.4) is 0 Å². The van der Waals surface area contributed by atoms with Crippen molar-refractivity contribution in [2.75, 3.05) is 23.3 Å². The van der Waals surface area contributed by atoms with Crippen LogP contribution in [0, 0.1) is 0 Å². The van der Waals surface area contributed by atoms with E-state index in [1.54, 1.807) is 10.9 Å². The molecule has 0 radical (unpaired) electrons. The summed E-state index contributed by atoms with van der Waals surface area (Å²) in [4.78, 5) is 15.6. The van der Waals surface area contributed by atoms with Crippen LogP contribution >= 0.6 is 15.9 Å². The lowest BCUT2D eigenvalue weighted by atomic mass is 10.2. The first-order valence-electron chi connectivity index (χ1n) is 6.53. The third-order valence-corrected chi connectivity index (χ3v) is 3.93. The van der Waals surface area contributed by atoms with E-state index in [1.165, 1.54) is 0 Å². The average Bonchev–Trinajstić information content (AvgIpc) is 3.09. The molecule has 0 saturated heterocycles. The fraction of sp³-hybridized carbons (Fsp3) is 0.231. The molecule has 0 fully saturated rings. The Morgan fingerprint density at radius 3 is 3.05 bits per heavy atom. The number of fused-ring (bicyclic) bond motifs is 3. The van der Waals surface area contributed by atoms with E-state index >= 15 is 0 Å². The summed E-state index contributed by atoms with van der Waals surface area (Å²) < 4.78 is 2.70. The lowest BCUT2D eigenvalue weighted by molar-refractivity contribution is 0.768. The second-order valence-electron chi connectivity index (χ2n) is 4.85. The second-order valence-corrected chi connectivity index (χ2v) is 5.70. The number of hydrogen-bond acceptors (Lipinski definition) is 6. The van der Waals surface area contributed by atoms with E-state index in [0.717, 1.165) is 40.5 Å². The molecule has 0 aliphatic carbocycles. The van der Waals surface area contributed by atoms with E-state index in [0.29, 0.717) is 5.95 Å². The summed E-state index contributed by atoms with van der Waals surface area (Å²) in [5.74, 6) is 2.38. The van der Waals surface area contributed by atoms with Crippen molar-refractivity contribution >= 4 is 45.3 Å². The number of anilines is 3. The molecule has 0 amide bonds. The van der Waals surface area contributed by atoms with Crippen molar-refractivity contribution in [3.8, 4) is 0 Å². The maximum atomic E-state index is 4.62. The third kappa shape index (κ3) is 2.11. The highest BCUT2D eigenvalue weighted by molar-refractivity contribution is 9.12. The Kier molecular flexibility index (Phi) is 2.78. The molecule has 1 N–H and O–H groups in total. The van der Waals surface area contributed by atoms with E-state index < -0.39 is 0 Å². The SMILES string of the molecule is Cn1cc(Nc2ncc3c(n2)N2CCN=C2C(Br)=C3)cn1. The zero-order valence-electron chi connectivity index (χ0n) is 11.3. The fourth-order valence-electron chi connectivity index (χ4n) is 2.43. The fourth-order valence-corrected chi connectivity index (χ4v) is 3.02. The van der Waals surface area contributed by atoms with Crippen LogP contribution in [0.2, 0.25) is 0 Å². The summed E-state index contributed by atoms with van der Waals surface area (Å²) >= 11 is 3.55. The van der Waals surface area contributed by atoms with Crippen molar-refractivity contribution in [3.05, 3.63) is 28.6 Å². The van der Waals surface area contributed by atoms with Crippen LogP contribution in [0.4, 0.5) is 17.5 Å². The summed E-state index contributed by atoms with van der Waals surface area (Å²) in [6, 6.07) is 0. The minimum Gasteiger partial charge on any atom is -0.321 e. The zero-order chi connectivity index (χ0) is 14.4. The number of nitrogens with zero attached hydrogens (tertiary/aromatic N) is 6. The monoisotopic (exact) mass is 345 g/mol. The summed E-state index contributed by atoms with van der Waals surface area (Å²) in [6.45, 7) is 1.63. The van der Waals surface area contributed by atoms with Gasteiger partial charge in [0.1, 0.15) is 11.7 Å². The highest BCUT2D eigenvalue weighted by atomic mass is 79.9. The maximum Gasteiger partial charge on any atom is 0.229 e. The summed E-state index contributed by atoms with van der Waals surface area (Å²) in [7, 11) is 1.87. The Hall–Kier alpha value is -2.22. The van der Waals surface area contributed by atoms with Crippen molar-refractivity contribution in [2.24, 2.45) is 12.0 Å². The zero-order valence-corrected chi connectivity index (χ0v) is 12.9. The van der Waals surface area contributed by atoms with Crippen LogP contribution in [-0.2, 0) is 7.05 Å². The third-order valence-electron chi connectivity index (χ3n) is 3.35. The van der Waals surface area contributed by atoms with Crippen LogP contribution in [-0.4, -0.2) is 38.7 Å². The van der Waals surface area contributed by atoms with Gasteiger partial charge in [-0.3, -0.25) is 9.67 Å². The summed E-state index contributed by atoms with van der Waals surface area (Å²) in [6.07, 6.45) is 7.44. The van der Waals surface area contributed by atoms with Crippen LogP contribution in [0.25, 0.3) is 6.08 Å². The first-order chi connectivity index (χ1) is 10.2. The highest BCUT2D eigenvalue weighted by Gasteiger charge is 2.28. The molecule has 0 atom stereocenters. The van der Waals surface area contributed by atoms with E-state index in [-0.39, 0.29) is 0 Å². The molecule has 0 aromatic carbocycles. The topological polar surface area (TPSA) is 71.2 Å². The second kappa shape index (κ2) is 4.66. The molecule has 2 aliphatic rings. The number of aryl methyl sites for hydroxylation is 1. The normalized spacial score (nSPS) is 16.2. The highest BCUT2D eigenvalue weighted by Crippen LogP contribution is 2.33. The smallest absolute Gasteiger partial charge is 0.229 e. The van der Waals surface area contributed by atoms with Crippen LogP contribution in [0.5, 0.6) is 0 Å². The number of amidine groups is 1. The van der Waals surface area contributed by atoms with Crippen molar-refractivity contribution in [2.45, 2.75) is 0 Å². The first kappa shape index (κ1) is 12.5. The lowest BCUT2D eigenvalue weighted by Crippen LogP contribution is -2.31. The summed E-state index contributed by atoms with van der Waals surface area (Å²) in [5.41, 5.74) is 1.85. The van der Waals surface area contributed by atoms with Gasteiger partial charge in [-0.05, 0) is 22.0 Å². The minimum absolute atomic E-state index is 0.555. The maximum absolute atomic E-state index is 4.62. The molecular formula is C13H12BrN7. The van der Waals surface area contributed by atoms with Crippen molar-refractivity contribution in [1.29, 1.82) is 0 Å². The molecule has 7 nitrogen and oxygen atoms in total. The molecule has 8 heteroatoms. The lowest BCUT2D eigenvalue weighted by Gasteiger charge is -2.25. The number of nitrogens with one attached hydrogen (secondary N) is 1. The van der Waals surface area contributed by atoms with E-state index in [2.05, 4.69) is 46.2 Å². The van der Waals surface area contributed by atoms with Gasteiger partial charge in [0.15, 0.2) is 0 Å². The Balaban J connectivity index is 1.71. The van der Waals surface area contributed by atoms with Gasteiger partial charge in [0, 0.05) is 31.5 Å². The molecule has 0 spiro atoms. The van der Waals surface area contributed by atoms with Gasteiger partial charge in [0.2, 0.25) is 5.95 Å². The quantitative estimate of drug-likeness (QED) is 0.900. The molecule has 21 heavy (non-hydrogen) atoms. The number of aromatic nitrogens is 4. The minimum atomic E-state index is 0.555. The molecule has 0 unspecified atom stereocenters. The van der Waals surface area contributed by atoms with Gasteiger partial charge < -0.3 is 10.2 Å². The van der Waals surface area contributed by atoms with Gasteiger partial charge in [-0.1, -0.05) is 0 Å². The molecule has 4 heterocycles. The predicted molar refractivity (Wildman–Crippen MR) is 85.1 cm³/mol. The average molecular weight is 346 g/mol. The molecule has 4 rings (SSSR count). The molecule has 2 aliphatic heterocycles. The van der Waals surface area contributed by atoms with Crippen molar-refractivity contribution < 1.29 is 0 Å².